The summed E-state index contributed by atoms with van der Waals surface area (Å²) in [6, 6.07) is 7.40. The molecule has 0 aliphatic carbocycles. The number of hydrogen-bond donors (Lipinski definition) is 2. The highest BCUT2D eigenvalue weighted by atomic mass is 16.4. The van der Waals surface area contributed by atoms with Gasteiger partial charge in [-0.3, -0.25) is 4.79 Å². The Balaban J connectivity index is 1.99. The highest BCUT2D eigenvalue weighted by molar-refractivity contribution is 6.05. The summed E-state index contributed by atoms with van der Waals surface area (Å²) in [5, 5.41) is 15.6. The zero-order valence-electron chi connectivity index (χ0n) is 12.4. The molecular weight excluding hydrogens is 298 g/mol. The average molecular weight is 311 g/mol. The van der Waals surface area contributed by atoms with Crippen LogP contribution in [-0.2, 0) is 0 Å². The minimum absolute atomic E-state index is 0.132. The smallest absolute Gasteiger partial charge is 0.375 e. The molecule has 2 heterocycles. The van der Waals surface area contributed by atoms with Crippen LogP contribution in [0.5, 0.6) is 0 Å². The molecule has 0 radical (unpaired) electrons. The van der Waals surface area contributed by atoms with Crippen molar-refractivity contribution in [3.63, 3.8) is 0 Å². The van der Waals surface area contributed by atoms with Gasteiger partial charge in [0.2, 0.25) is 0 Å². The van der Waals surface area contributed by atoms with Crippen molar-refractivity contribution in [2.75, 3.05) is 5.32 Å². The number of hydrogen-bond acceptors (Lipinski definition) is 5. The van der Waals surface area contributed by atoms with Crippen LogP contribution in [0.3, 0.4) is 0 Å². The summed E-state index contributed by atoms with van der Waals surface area (Å²) < 4.78 is 1.25. The molecule has 1 amide bonds. The fourth-order valence-corrected chi connectivity index (χ4v) is 2.16. The molecule has 0 spiro atoms. The van der Waals surface area contributed by atoms with E-state index in [0.717, 1.165) is 5.56 Å². The second kappa shape index (κ2) is 5.48. The zero-order valence-corrected chi connectivity index (χ0v) is 12.4. The molecule has 0 aliphatic heterocycles. The Morgan fingerprint density at radius 2 is 1.96 bits per heavy atom. The molecule has 3 rings (SSSR count). The molecule has 8 nitrogen and oxygen atoms in total. The standard InChI is InChI=1S/C15H13N5O3/c1-8-5-3-4-6-11(8)17-13(21)10-7-16-15-18-12(14(22)23)19-20(15)9(10)2/h3-7H,1-2H3,(H,17,21)(H,22,23). The van der Waals surface area contributed by atoms with Crippen LogP contribution in [0.15, 0.2) is 30.5 Å². The minimum atomic E-state index is -1.25. The van der Waals surface area contributed by atoms with E-state index in [9.17, 15) is 9.59 Å². The molecule has 116 valence electrons. The number of carbonyl (C=O) groups excluding carboxylic acids is 1. The number of aromatic carboxylic acids is 1. The van der Waals surface area contributed by atoms with E-state index in [0.29, 0.717) is 16.9 Å². The first-order valence-electron chi connectivity index (χ1n) is 6.80. The van der Waals surface area contributed by atoms with E-state index in [4.69, 9.17) is 5.11 Å². The number of carboxylic acids is 1. The maximum Gasteiger partial charge on any atom is 0.375 e. The number of amides is 1. The molecule has 23 heavy (non-hydrogen) atoms. The van der Waals surface area contributed by atoms with Gasteiger partial charge in [0.05, 0.1) is 11.3 Å². The van der Waals surface area contributed by atoms with E-state index in [1.807, 2.05) is 25.1 Å². The lowest BCUT2D eigenvalue weighted by atomic mass is 10.2. The Kier molecular flexibility index (Phi) is 3.49. The van der Waals surface area contributed by atoms with Crippen LogP contribution >= 0.6 is 0 Å². The largest absolute Gasteiger partial charge is 0.475 e. The number of aryl methyl sites for hydroxylation is 2. The second-order valence-electron chi connectivity index (χ2n) is 4.98. The van der Waals surface area contributed by atoms with E-state index < -0.39 is 5.97 Å². The molecule has 0 saturated carbocycles. The number of benzene rings is 1. The van der Waals surface area contributed by atoms with Crippen molar-refractivity contribution in [2.45, 2.75) is 13.8 Å². The fourth-order valence-electron chi connectivity index (χ4n) is 2.16. The van der Waals surface area contributed by atoms with Crippen LogP contribution in [-0.4, -0.2) is 36.6 Å². The third-order valence-corrected chi connectivity index (χ3v) is 3.44. The van der Waals surface area contributed by atoms with Crippen molar-refractivity contribution in [1.82, 2.24) is 19.6 Å². The SMILES string of the molecule is Cc1ccccc1NC(=O)c1cnc2nc(C(=O)O)nn2c1C. The molecule has 3 aromatic rings. The molecular formula is C15H13N5O3. The summed E-state index contributed by atoms with van der Waals surface area (Å²) in [4.78, 5) is 31.2. The van der Waals surface area contributed by atoms with Gasteiger partial charge in [-0.25, -0.2) is 9.78 Å². The van der Waals surface area contributed by atoms with Gasteiger partial charge in [0.15, 0.2) is 0 Å². The minimum Gasteiger partial charge on any atom is -0.475 e. The van der Waals surface area contributed by atoms with E-state index >= 15 is 0 Å². The van der Waals surface area contributed by atoms with Gasteiger partial charge in [-0.05, 0) is 25.5 Å². The Hall–Kier alpha value is -3.29. The van der Waals surface area contributed by atoms with Crippen molar-refractivity contribution in [3.8, 4) is 0 Å². The van der Waals surface area contributed by atoms with E-state index in [-0.39, 0.29) is 17.5 Å². The van der Waals surface area contributed by atoms with Gasteiger partial charge >= 0.3 is 5.97 Å². The van der Waals surface area contributed by atoms with E-state index in [1.54, 1.807) is 13.0 Å². The average Bonchev–Trinajstić information content (AvgIpc) is 2.95. The molecule has 0 atom stereocenters. The molecule has 1 aromatic carbocycles. The summed E-state index contributed by atoms with van der Waals surface area (Å²) in [7, 11) is 0. The quantitative estimate of drug-likeness (QED) is 0.761. The lowest BCUT2D eigenvalue weighted by Gasteiger charge is -2.09. The number of para-hydroxylation sites is 1. The fraction of sp³-hybridized carbons (Fsp3) is 0.133. The van der Waals surface area contributed by atoms with Gasteiger partial charge < -0.3 is 10.4 Å². The normalized spacial score (nSPS) is 10.7. The van der Waals surface area contributed by atoms with Crippen LogP contribution < -0.4 is 5.32 Å². The molecule has 2 aromatic heterocycles. The van der Waals surface area contributed by atoms with Crippen LogP contribution in [0.25, 0.3) is 5.78 Å². The highest BCUT2D eigenvalue weighted by Gasteiger charge is 2.18. The molecule has 8 heteroatoms. The first kappa shape index (κ1) is 14.6. The summed E-state index contributed by atoms with van der Waals surface area (Å²) in [6.45, 7) is 3.54. The molecule has 0 unspecified atom stereocenters. The molecule has 0 fully saturated rings. The van der Waals surface area contributed by atoms with Gasteiger partial charge in [0, 0.05) is 11.9 Å². The first-order chi connectivity index (χ1) is 11.0. The third kappa shape index (κ3) is 2.61. The van der Waals surface area contributed by atoms with Crippen molar-refractivity contribution < 1.29 is 14.7 Å². The van der Waals surface area contributed by atoms with Gasteiger partial charge in [0.25, 0.3) is 17.5 Å². The van der Waals surface area contributed by atoms with Crippen LogP contribution in [0.2, 0.25) is 0 Å². The van der Waals surface area contributed by atoms with E-state index in [1.165, 1.54) is 10.7 Å². The lowest BCUT2D eigenvalue weighted by molar-refractivity contribution is 0.0683. The monoisotopic (exact) mass is 311 g/mol. The maximum atomic E-state index is 12.4. The predicted octanol–water partition coefficient (Wildman–Crippen LogP) is 1.69. The molecule has 0 bridgehead atoms. The topological polar surface area (TPSA) is 109 Å². The van der Waals surface area contributed by atoms with Gasteiger partial charge in [-0.2, -0.15) is 9.50 Å². The van der Waals surface area contributed by atoms with Gasteiger partial charge in [-0.15, -0.1) is 5.10 Å². The van der Waals surface area contributed by atoms with Crippen molar-refractivity contribution >= 4 is 23.3 Å². The number of anilines is 1. The van der Waals surface area contributed by atoms with Crippen LogP contribution in [0.1, 0.15) is 32.2 Å². The van der Waals surface area contributed by atoms with E-state index in [2.05, 4.69) is 20.4 Å². The lowest BCUT2D eigenvalue weighted by Crippen LogP contribution is -2.16. The first-order valence-corrected chi connectivity index (χ1v) is 6.80. The Morgan fingerprint density at radius 1 is 1.22 bits per heavy atom. The van der Waals surface area contributed by atoms with Crippen molar-refractivity contribution in [2.24, 2.45) is 0 Å². The van der Waals surface area contributed by atoms with Crippen molar-refractivity contribution in [3.05, 3.63) is 53.1 Å². The Labute approximate surface area is 130 Å². The summed E-state index contributed by atoms with van der Waals surface area (Å²) in [6.07, 6.45) is 1.36. The maximum absolute atomic E-state index is 12.4. The highest BCUT2D eigenvalue weighted by Crippen LogP contribution is 2.16. The number of carboxylic acid groups (broad SMARTS) is 1. The summed E-state index contributed by atoms with van der Waals surface area (Å²) in [5.41, 5.74) is 2.38. The predicted molar refractivity (Wildman–Crippen MR) is 81.6 cm³/mol. The zero-order chi connectivity index (χ0) is 16.6. The third-order valence-electron chi connectivity index (χ3n) is 3.44. The van der Waals surface area contributed by atoms with Crippen molar-refractivity contribution in [1.29, 1.82) is 0 Å². The molecule has 2 N–H and O–H groups in total. The van der Waals surface area contributed by atoms with Crippen LogP contribution in [0, 0.1) is 13.8 Å². The number of rotatable bonds is 3. The summed E-state index contributed by atoms with van der Waals surface area (Å²) in [5.74, 6) is -1.83. The van der Waals surface area contributed by atoms with Gasteiger partial charge in [0.1, 0.15) is 0 Å². The molecule has 0 saturated heterocycles. The molecule has 0 aliphatic rings. The van der Waals surface area contributed by atoms with Gasteiger partial charge in [-0.1, -0.05) is 18.2 Å². The second-order valence-corrected chi connectivity index (χ2v) is 4.98. The summed E-state index contributed by atoms with van der Waals surface area (Å²) >= 11 is 0. The number of aromatic nitrogens is 4. The number of fused-ring (bicyclic) bond motifs is 1. The van der Waals surface area contributed by atoms with Crippen LogP contribution in [0.4, 0.5) is 5.69 Å². The number of nitrogens with one attached hydrogen (secondary N) is 1. The Morgan fingerprint density at radius 3 is 2.65 bits per heavy atom. The number of nitrogens with zero attached hydrogens (tertiary/aromatic N) is 4. The Bertz CT molecular complexity index is 932. The number of carbonyl (C=O) groups is 2.